The van der Waals surface area contributed by atoms with E-state index in [9.17, 15) is 15.3 Å². The number of nitrogens with one attached hydrogen (secondary N) is 2. The summed E-state index contributed by atoms with van der Waals surface area (Å²) in [4.78, 5) is 13.9. The highest BCUT2D eigenvalue weighted by Gasteiger charge is 2.28. The average molecular weight is 526 g/mol. The van der Waals surface area contributed by atoms with Crippen LogP contribution in [0.2, 0.25) is 0 Å². The van der Waals surface area contributed by atoms with Crippen molar-refractivity contribution in [3.63, 3.8) is 0 Å². The van der Waals surface area contributed by atoms with Gasteiger partial charge in [-0.15, -0.1) is 0 Å². The summed E-state index contributed by atoms with van der Waals surface area (Å²) < 4.78 is 12.2. The molecule has 2 aliphatic carbocycles. The third-order valence-corrected chi connectivity index (χ3v) is 7.77. The lowest BCUT2D eigenvalue weighted by Crippen LogP contribution is -2.40. The van der Waals surface area contributed by atoms with Crippen LogP contribution < -0.4 is 15.4 Å². The monoisotopic (exact) mass is 525 g/mol. The van der Waals surface area contributed by atoms with Crippen LogP contribution in [0.4, 0.5) is 11.8 Å². The first-order valence-electron chi connectivity index (χ1n) is 13.8. The Labute approximate surface area is 222 Å². The van der Waals surface area contributed by atoms with Gasteiger partial charge in [0.05, 0.1) is 23.6 Å². The van der Waals surface area contributed by atoms with E-state index < -0.39 is 18.2 Å². The number of rotatable bonds is 13. The summed E-state index contributed by atoms with van der Waals surface area (Å²) in [7, 11) is 0. The van der Waals surface area contributed by atoms with Gasteiger partial charge in [-0.1, -0.05) is 13.3 Å². The Balaban J connectivity index is 1.47. The van der Waals surface area contributed by atoms with Gasteiger partial charge in [0.15, 0.2) is 11.8 Å². The van der Waals surface area contributed by atoms with Gasteiger partial charge in [-0.25, -0.2) is 9.97 Å². The molecule has 0 amide bonds. The lowest BCUT2D eigenvalue weighted by atomic mass is 9.86. The maximum atomic E-state index is 10.8. The molecule has 3 atom stereocenters. The molecule has 3 aromatic rings. The minimum absolute atomic E-state index is 0.235. The molecule has 10 heteroatoms. The zero-order valence-electron chi connectivity index (χ0n) is 22.4. The number of pyridine rings is 1. The molecule has 0 saturated heterocycles. The minimum Gasteiger partial charge on any atom is -0.477 e. The molecule has 0 aromatic carbocycles. The second kappa shape index (κ2) is 11.4. The first-order chi connectivity index (χ1) is 18.4. The smallest absolute Gasteiger partial charge is 0.224 e. The van der Waals surface area contributed by atoms with E-state index in [-0.39, 0.29) is 6.61 Å². The molecule has 0 radical (unpaired) electrons. The molecule has 0 spiro atoms. The third-order valence-electron chi connectivity index (χ3n) is 7.77. The van der Waals surface area contributed by atoms with Gasteiger partial charge in [-0.2, -0.15) is 4.98 Å². The third kappa shape index (κ3) is 5.87. The molecule has 38 heavy (non-hydrogen) atoms. The van der Waals surface area contributed by atoms with Crippen LogP contribution in [-0.2, 0) is 0 Å². The van der Waals surface area contributed by atoms with Gasteiger partial charge in [-0.05, 0) is 63.9 Å². The SMILES string of the molecule is CCC(CO)C(O)C(O)Nc1nc(NCC2CC2)nc(C)c1-c1cc2cc(OCC3CCC3)nc(C)c2o1. The summed E-state index contributed by atoms with van der Waals surface area (Å²) in [5.41, 5.74) is 2.60. The molecule has 5 rings (SSSR count). The molecule has 2 aliphatic rings. The maximum absolute atomic E-state index is 10.8. The van der Waals surface area contributed by atoms with Crippen LogP contribution in [0.15, 0.2) is 16.5 Å². The van der Waals surface area contributed by atoms with Crippen LogP contribution >= 0.6 is 0 Å². The average Bonchev–Trinajstić information content (AvgIpc) is 3.59. The maximum Gasteiger partial charge on any atom is 0.224 e. The van der Waals surface area contributed by atoms with E-state index in [1.807, 2.05) is 32.9 Å². The second-order valence-electron chi connectivity index (χ2n) is 10.8. The van der Waals surface area contributed by atoms with Crippen LogP contribution in [0.25, 0.3) is 22.3 Å². The number of aliphatic hydroxyl groups is 3. The Bertz CT molecular complexity index is 1250. The number of ether oxygens (including phenoxy) is 1. The molecule has 0 aliphatic heterocycles. The van der Waals surface area contributed by atoms with E-state index in [1.54, 1.807) is 0 Å². The molecule has 206 valence electrons. The van der Waals surface area contributed by atoms with Crippen molar-refractivity contribution in [2.45, 2.75) is 71.6 Å². The van der Waals surface area contributed by atoms with Crippen LogP contribution in [0.3, 0.4) is 0 Å². The molecule has 2 saturated carbocycles. The predicted molar refractivity (Wildman–Crippen MR) is 145 cm³/mol. The van der Waals surface area contributed by atoms with E-state index >= 15 is 0 Å². The summed E-state index contributed by atoms with van der Waals surface area (Å²) in [5, 5.41) is 38.2. The summed E-state index contributed by atoms with van der Waals surface area (Å²) >= 11 is 0. The number of aromatic nitrogens is 3. The molecule has 10 nitrogen and oxygen atoms in total. The zero-order chi connectivity index (χ0) is 26.8. The molecule has 3 aromatic heterocycles. The van der Waals surface area contributed by atoms with Crippen molar-refractivity contribution >= 4 is 22.7 Å². The Morgan fingerprint density at radius 2 is 1.84 bits per heavy atom. The fraction of sp³-hybridized carbons (Fsp3) is 0.607. The van der Waals surface area contributed by atoms with E-state index in [1.165, 1.54) is 32.1 Å². The summed E-state index contributed by atoms with van der Waals surface area (Å²) in [6.07, 6.45) is 4.04. The number of hydrogen-bond acceptors (Lipinski definition) is 10. The Morgan fingerprint density at radius 3 is 2.50 bits per heavy atom. The lowest BCUT2D eigenvalue weighted by molar-refractivity contribution is -0.0203. The highest BCUT2D eigenvalue weighted by Crippen LogP contribution is 2.37. The Morgan fingerprint density at radius 1 is 1.05 bits per heavy atom. The second-order valence-corrected chi connectivity index (χ2v) is 10.8. The summed E-state index contributed by atoms with van der Waals surface area (Å²) in [6.45, 7) is 6.82. The molecule has 5 N–H and O–H groups in total. The topological polar surface area (TPSA) is 146 Å². The van der Waals surface area contributed by atoms with Gasteiger partial charge >= 0.3 is 0 Å². The van der Waals surface area contributed by atoms with Crippen molar-refractivity contribution in [1.29, 1.82) is 0 Å². The van der Waals surface area contributed by atoms with Crippen molar-refractivity contribution in [1.82, 2.24) is 15.0 Å². The minimum atomic E-state index is -1.35. The standard InChI is InChI=1S/C28H39N5O5/c1-4-19(13-34)24(35)27(36)32-26-23(15(2)31-28(33-26)29-12-17-8-9-17)21-10-20-11-22(30-16(3)25(20)38-21)37-14-18-6-5-7-18/h10-11,17-19,24,27,34-36H,4-9,12-14H2,1-3H3,(H2,29,31,32,33). The molecular weight excluding hydrogens is 486 g/mol. The quantitative estimate of drug-likeness (QED) is 0.207. The number of aliphatic hydroxyl groups excluding tert-OH is 3. The number of fused-ring (bicyclic) bond motifs is 1. The van der Waals surface area contributed by atoms with Crippen LogP contribution in [0.1, 0.15) is 56.8 Å². The van der Waals surface area contributed by atoms with Crippen LogP contribution in [0, 0.1) is 31.6 Å². The number of hydrogen-bond donors (Lipinski definition) is 5. The summed E-state index contributed by atoms with van der Waals surface area (Å²) in [5.74, 6) is 2.63. The Hall–Kier alpha value is -2.95. The normalized spacial score (nSPS) is 18.2. The highest BCUT2D eigenvalue weighted by atomic mass is 16.5. The van der Waals surface area contributed by atoms with Gasteiger partial charge in [0, 0.05) is 30.5 Å². The fourth-order valence-electron chi connectivity index (χ4n) is 4.81. The van der Waals surface area contributed by atoms with Gasteiger partial charge < -0.3 is 35.1 Å². The predicted octanol–water partition coefficient (Wildman–Crippen LogP) is 4.01. The summed E-state index contributed by atoms with van der Waals surface area (Å²) in [6, 6.07) is 3.79. The lowest BCUT2D eigenvalue weighted by Gasteiger charge is -2.26. The first-order valence-corrected chi connectivity index (χ1v) is 13.8. The largest absolute Gasteiger partial charge is 0.477 e. The van der Waals surface area contributed by atoms with Crippen LogP contribution in [-0.4, -0.2) is 62.4 Å². The zero-order valence-corrected chi connectivity index (χ0v) is 22.4. The van der Waals surface area contributed by atoms with Gasteiger partial charge in [-0.3, -0.25) is 0 Å². The van der Waals surface area contributed by atoms with Crippen molar-refractivity contribution in [2.24, 2.45) is 17.8 Å². The van der Waals surface area contributed by atoms with Gasteiger partial charge in [0.1, 0.15) is 17.7 Å². The van der Waals surface area contributed by atoms with Crippen molar-refractivity contribution in [2.75, 3.05) is 30.4 Å². The van der Waals surface area contributed by atoms with Gasteiger partial charge in [0.25, 0.3) is 0 Å². The molecule has 2 fully saturated rings. The Kier molecular flexibility index (Phi) is 8.01. The van der Waals surface area contributed by atoms with E-state index in [4.69, 9.17) is 9.15 Å². The molecule has 0 bridgehead atoms. The van der Waals surface area contributed by atoms with E-state index in [0.717, 1.165) is 17.6 Å². The van der Waals surface area contributed by atoms with E-state index in [0.29, 0.717) is 65.1 Å². The van der Waals surface area contributed by atoms with E-state index in [2.05, 4.69) is 25.6 Å². The van der Waals surface area contributed by atoms with Crippen LogP contribution in [0.5, 0.6) is 5.88 Å². The number of aryl methyl sites for hydroxylation is 2. The van der Waals surface area contributed by atoms with Crippen molar-refractivity contribution in [3.05, 3.63) is 23.5 Å². The fourth-order valence-corrected chi connectivity index (χ4v) is 4.81. The number of furan rings is 1. The van der Waals surface area contributed by atoms with Crippen molar-refractivity contribution in [3.8, 4) is 17.2 Å². The van der Waals surface area contributed by atoms with Gasteiger partial charge in [0.2, 0.25) is 11.8 Å². The molecule has 3 unspecified atom stereocenters. The molecular formula is C28H39N5O5. The number of nitrogens with zero attached hydrogens (tertiary/aromatic N) is 3. The van der Waals surface area contributed by atoms with Crippen molar-refractivity contribution < 1.29 is 24.5 Å². The highest BCUT2D eigenvalue weighted by molar-refractivity contribution is 5.88. The molecule has 3 heterocycles. The number of anilines is 2. The first kappa shape index (κ1) is 26.6.